The summed E-state index contributed by atoms with van der Waals surface area (Å²) in [6, 6.07) is 0. The molecule has 1 fully saturated rings. The van der Waals surface area contributed by atoms with Gasteiger partial charge in [0.25, 0.3) is 0 Å². The van der Waals surface area contributed by atoms with Crippen LogP contribution in [0, 0.1) is 11.8 Å². The Morgan fingerprint density at radius 3 is 2.14 bits per heavy atom. The molecule has 2 atom stereocenters. The molecule has 0 radical (unpaired) electrons. The molecule has 0 bridgehead atoms. The summed E-state index contributed by atoms with van der Waals surface area (Å²) in [4.78, 5) is 0. The lowest BCUT2D eigenvalue weighted by Crippen LogP contribution is -2.49. The summed E-state index contributed by atoms with van der Waals surface area (Å²) in [6.45, 7) is 6.84. The standard InChI is InChI=1S/C13H27N/c1-4-11(2)13(3,14)12-9-7-5-6-8-10-12/h11-12H,4-10,14H2,1-3H3. The molecule has 1 saturated carbocycles. The number of rotatable bonds is 3. The van der Waals surface area contributed by atoms with Gasteiger partial charge in [0, 0.05) is 5.54 Å². The van der Waals surface area contributed by atoms with Crippen molar-refractivity contribution in [2.45, 2.75) is 71.3 Å². The molecule has 0 saturated heterocycles. The van der Waals surface area contributed by atoms with Crippen LogP contribution in [0.25, 0.3) is 0 Å². The van der Waals surface area contributed by atoms with Crippen LogP contribution in [0.1, 0.15) is 65.7 Å². The van der Waals surface area contributed by atoms with Gasteiger partial charge in [-0.3, -0.25) is 0 Å². The van der Waals surface area contributed by atoms with E-state index in [0.717, 1.165) is 5.92 Å². The maximum atomic E-state index is 6.51. The van der Waals surface area contributed by atoms with Crippen molar-refractivity contribution in [3.8, 4) is 0 Å². The molecule has 84 valence electrons. The van der Waals surface area contributed by atoms with E-state index in [1.54, 1.807) is 0 Å². The summed E-state index contributed by atoms with van der Waals surface area (Å²) in [5.74, 6) is 1.42. The zero-order chi connectivity index (χ0) is 10.6. The van der Waals surface area contributed by atoms with Crippen LogP contribution in [0.5, 0.6) is 0 Å². The zero-order valence-electron chi connectivity index (χ0n) is 10.2. The molecule has 1 aliphatic carbocycles. The summed E-state index contributed by atoms with van der Waals surface area (Å²) in [7, 11) is 0. The molecular formula is C13H27N. The topological polar surface area (TPSA) is 26.0 Å². The molecule has 0 aromatic heterocycles. The highest BCUT2D eigenvalue weighted by Crippen LogP contribution is 2.35. The first-order chi connectivity index (χ1) is 6.59. The van der Waals surface area contributed by atoms with Crippen molar-refractivity contribution >= 4 is 0 Å². The molecule has 1 rings (SSSR count). The zero-order valence-corrected chi connectivity index (χ0v) is 10.2. The number of hydrogen-bond acceptors (Lipinski definition) is 1. The first-order valence-corrected chi connectivity index (χ1v) is 6.38. The van der Waals surface area contributed by atoms with Crippen LogP contribution in [0.15, 0.2) is 0 Å². The minimum atomic E-state index is 0.0685. The summed E-state index contributed by atoms with van der Waals surface area (Å²) in [6.07, 6.45) is 9.57. The molecule has 0 aliphatic heterocycles. The van der Waals surface area contributed by atoms with E-state index in [4.69, 9.17) is 5.73 Å². The molecule has 14 heavy (non-hydrogen) atoms. The van der Waals surface area contributed by atoms with Crippen molar-refractivity contribution in [2.75, 3.05) is 0 Å². The van der Waals surface area contributed by atoms with Crippen molar-refractivity contribution in [3.05, 3.63) is 0 Å². The van der Waals surface area contributed by atoms with E-state index in [-0.39, 0.29) is 5.54 Å². The summed E-state index contributed by atoms with van der Waals surface area (Å²) in [5.41, 5.74) is 6.58. The highest BCUT2D eigenvalue weighted by Gasteiger charge is 2.34. The SMILES string of the molecule is CCC(C)C(C)(N)C1CCCCCC1. The van der Waals surface area contributed by atoms with Crippen LogP contribution < -0.4 is 5.73 Å². The van der Waals surface area contributed by atoms with Crippen LogP contribution in [0.4, 0.5) is 0 Å². The molecule has 2 N–H and O–H groups in total. The first kappa shape index (κ1) is 12.0. The largest absolute Gasteiger partial charge is 0.325 e. The summed E-state index contributed by atoms with van der Waals surface area (Å²) in [5, 5.41) is 0. The Hall–Kier alpha value is -0.0400. The third-order valence-corrected chi connectivity index (χ3v) is 4.41. The van der Waals surface area contributed by atoms with Crippen LogP contribution >= 0.6 is 0 Å². The van der Waals surface area contributed by atoms with Crippen molar-refractivity contribution in [2.24, 2.45) is 17.6 Å². The third kappa shape index (κ3) is 2.73. The van der Waals surface area contributed by atoms with Crippen LogP contribution in [-0.4, -0.2) is 5.54 Å². The van der Waals surface area contributed by atoms with Crippen LogP contribution in [-0.2, 0) is 0 Å². The lowest BCUT2D eigenvalue weighted by atomic mass is 9.72. The Bertz CT molecular complexity index is 155. The number of nitrogens with two attached hydrogens (primary N) is 1. The van der Waals surface area contributed by atoms with Crippen LogP contribution in [0.3, 0.4) is 0 Å². The predicted molar refractivity (Wildman–Crippen MR) is 63.2 cm³/mol. The van der Waals surface area contributed by atoms with E-state index >= 15 is 0 Å². The van der Waals surface area contributed by atoms with Crippen molar-refractivity contribution < 1.29 is 0 Å². The van der Waals surface area contributed by atoms with Gasteiger partial charge in [-0.15, -0.1) is 0 Å². The van der Waals surface area contributed by atoms with Gasteiger partial charge in [-0.05, 0) is 31.6 Å². The second-order valence-corrected chi connectivity index (χ2v) is 5.36. The average Bonchev–Trinajstić information content (AvgIpc) is 2.44. The molecule has 0 aromatic rings. The van der Waals surface area contributed by atoms with Gasteiger partial charge in [0.15, 0.2) is 0 Å². The maximum Gasteiger partial charge on any atom is 0.0180 e. The molecule has 0 spiro atoms. The first-order valence-electron chi connectivity index (χ1n) is 6.38. The Morgan fingerprint density at radius 2 is 1.71 bits per heavy atom. The molecule has 0 amide bonds. The Balaban J connectivity index is 2.59. The van der Waals surface area contributed by atoms with Crippen molar-refractivity contribution in [1.29, 1.82) is 0 Å². The minimum absolute atomic E-state index is 0.0685. The molecule has 1 heteroatoms. The highest BCUT2D eigenvalue weighted by molar-refractivity contribution is 4.91. The van der Waals surface area contributed by atoms with Gasteiger partial charge in [0.2, 0.25) is 0 Å². The summed E-state index contributed by atoms with van der Waals surface area (Å²) >= 11 is 0. The third-order valence-electron chi connectivity index (χ3n) is 4.41. The van der Waals surface area contributed by atoms with Gasteiger partial charge < -0.3 is 5.73 Å². The summed E-state index contributed by atoms with van der Waals surface area (Å²) < 4.78 is 0. The molecular weight excluding hydrogens is 170 g/mol. The maximum absolute atomic E-state index is 6.51. The normalized spacial score (nSPS) is 26.6. The monoisotopic (exact) mass is 197 g/mol. The predicted octanol–water partition coefficient (Wildman–Crippen LogP) is 3.72. The van der Waals surface area contributed by atoms with Gasteiger partial charge in [-0.25, -0.2) is 0 Å². The van der Waals surface area contributed by atoms with Crippen molar-refractivity contribution in [3.63, 3.8) is 0 Å². The fourth-order valence-corrected chi connectivity index (χ4v) is 2.74. The molecule has 2 unspecified atom stereocenters. The Kier molecular flexibility index (Phi) is 4.43. The van der Waals surface area contributed by atoms with E-state index < -0.39 is 0 Å². The fourth-order valence-electron chi connectivity index (χ4n) is 2.74. The lowest BCUT2D eigenvalue weighted by Gasteiger charge is -2.39. The highest BCUT2D eigenvalue weighted by atomic mass is 14.8. The molecule has 0 heterocycles. The smallest absolute Gasteiger partial charge is 0.0180 e. The molecule has 1 aliphatic rings. The van der Waals surface area contributed by atoms with Gasteiger partial charge in [0.05, 0.1) is 0 Å². The van der Waals surface area contributed by atoms with E-state index in [2.05, 4.69) is 20.8 Å². The second-order valence-electron chi connectivity index (χ2n) is 5.36. The van der Waals surface area contributed by atoms with Gasteiger partial charge in [0.1, 0.15) is 0 Å². The second kappa shape index (κ2) is 5.16. The average molecular weight is 197 g/mol. The molecule has 1 nitrogen and oxygen atoms in total. The van der Waals surface area contributed by atoms with E-state index in [1.165, 1.54) is 44.9 Å². The fraction of sp³-hybridized carbons (Fsp3) is 1.00. The minimum Gasteiger partial charge on any atom is -0.325 e. The molecule has 0 aromatic carbocycles. The lowest BCUT2D eigenvalue weighted by molar-refractivity contribution is 0.183. The Labute approximate surface area is 89.5 Å². The van der Waals surface area contributed by atoms with Gasteiger partial charge in [-0.2, -0.15) is 0 Å². The quantitative estimate of drug-likeness (QED) is 0.686. The van der Waals surface area contributed by atoms with E-state index in [1.807, 2.05) is 0 Å². The van der Waals surface area contributed by atoms with Crippen molar-refractivity contribution in [1.82, 2.24) is 0 Å². The van der Waals surface area contributed by atoms with E-state index in [9.17, 15) is 0 Å². The van der Waals surface area contributed by atoms with Gasteiger partial charge in [-0.1, -0.05) is 46.0 Å². The van der Waals surface area contributed by atoms with Crippen LogP contribution in [0.2, 0.25) is 0 Å². The number of hydrogen-bond donors (Lipinski definition) is 1. The Morgan fingerprint density at radius 1 is 1.21 bits per heavy atom. The van der Waals surface area contributed by atoms with E-state index in [0.29, 0.717) is 5.92 Å². The van der Waals surface area contributed by atoms with Gasteiger partial charge >= 0.3 is 0 Å².